The van der Waals surface area contributed by atoms with Gasteiger partial charge in [-0.05, 0) is 38.1 Å². The number of anilines is 2. The first kappa shape index (κ1) is 14.1. The van der Waals surface area contributed by atoms with E-state index in [1.54, 1.807) is 0 Å². The van der Waals surface area contributed by atoms with Crippen molar-refractivity contribution in [1.82, 2.24) is 9.78 Å². The minimum Gasteiger partial charge on any atom is -0.378 e. The zero-order valence-electron chi connectivity index (χ0n) is 12.1. The summed E-state index contributed by atoms with van der Waals surface area (Å²) in [5, 5.41) is 10.4. The molecule has 0 saturated heterocycles. The number of aryl methyl sites for hydroxylation is 1. The number of rotatable bonds is 5. The van der Waals surface area contributed by atoms with Crippen molar-refractivity contribution in [2.45, 2.75) is 33.4 Å². The molecule has 1 aromatic heterocycles. The molecule has 0 spiro atoms. The van der Waals surface area contributed by atoms with Gasteiger partial charge in [0, 0.05) is 36.6 Å². The molecule has 0 saturated carbocycles. The van der Waals surface area contributed by atoms with Crippen molar-refractivity contribution in [3.05, 3.63) is 42.2 Å². The van der Waals surface area contributed by atoms with Gasteiger partial charge in [-0.2, -0.15) is 5.10 Å². The summed E-state index contributed by atoms with van der Waals surface area (Å²) < 4.78 is 1.91. The third kappa shape index (κ3) is 3.60. The molecule has 1 heterocycles. The largest absolute Gasteiger partial charge is 0.378 e. The number of carbonyl (C=O) groups is 1. The summed E-state index contributed by atoms with van der Waals surface area (Å²) in [5.41, 5.74) is 2.96. The predicted octanol–water partition coefficient (Wildman–Crippen LogP) is 3.03. The van der Waals surface area contributed by atoms with Gasteiger partial charge in [-0.1, -0.05) is 0 Å². The molecule has 1 atom stereocenters. The second-order valence-electron chi connectivity index (χ2n) is 4.75. The Bertz CT molecular complexity index is 574. The van der Waals surface area contributed by atoms with Crippen molar-refractivity contribution in [3.8, 4) is 0 Å². The smallest absolute Gasteiger partial charge is 0.221 e. The van der Waals surface area contributed by atoms with Crippen molar-refractivity contribution < 1.29 is 4.79 Å². The highest BCUT2D eigenvalue weighted by Crippen LogP contribution is 2.20. The van der Waals surface area contributed by atoms with Crippen molar-refractivity contribution in [1.29, 1.82) is 0 Å². The van der Waals surface area contributed by atoms with Gasteiger partial charge >= 0.3 is 0 Å². The number of carbonyl (C=O) groups excluding carboxylic acids is 1. The van der Waals surface area contributed by atoms with Crippen LogP contribution in [0, 0.1) is 0 Å². The van der Waals surface area contributed by atoms with E-state index in [9.17, 15) is 4.79 Å². The maximum atomic E-state index is 11.0. The first-order valence-electron chi connectivity index (χ1n) is 6.75. The molecule has 0 aliphatic carbocycles. The number of hydrogen-bond donors (Lipinski definition) is 2. The highest BCUT2D eigenvalue weighted by atomic mass is 16.1. The number of nitrogens with zero attached hydrogens (tertiary/aromatic N) is 2. The maximum Gasteiger partial charge on any atom is 0.221 e. The molecule has 2 N–H and O–H groups in total. The highest BCUT2D eigenvalue weighted by molar-refractivity contribution is 5.88. The van der Waals surface area contributed by atoms with Gasteiger partial charge in [-0.3, -0.25) is 9.48 Å². The molecule has 1 amide bonds. The van der Waals surface area contributed by atoms with E-state index < -0.39 is 0 Å². The normalized spacial score (nSPS) is 11.9. The molecule has 0 aliphatic rings. The van der Waals surface area contributed by atoms with Crippen LogP contribution in [0.3, 0.4) is 0 Å². The van der Waals surface area contributed by atoms with Crippen molar-refractivity contribution >= 4 is 17.3 Å². The van der Waals surface area contributed by atoms with Gasteiger partial charge in [0.1, 0.15) is 0 Å². The van der Waals surface area contributed by atoms with Gasteiger partial charge in [0.05, 0.1) is 12.2 Å². The molecule has 2 aromatic rings. The molecule has 1 aromatic carbocycles. The molecule has 0 radical (unpaired) electrons. The zero-order chi connectivity index (χ0) is 14.5. The molecule has 0 bridgehead atoms. The second kappa shape index (κ2) is 6.23. The number of hydrogen-bond acceptors (Lipinski definition) is 3. The van der Waals surface area contributed by atoms with Gasteiger partial charge in [-0.25, -0.2) is 0 Å². The monoisotopic (exact) mass is 272 g/mol. The van der Waals surface area contributed by atoms with E-state index in [0.717, 1.165) is 23.5 Å². The van der Waals surface area contributed by atoms with Gasteiger partial charge in [0.25, 0.3) is 0 Å². The summed E-state index contributed by atoms with van der Waals surface area (Å²) in [5.74, 6) is -0.0638. The molecule has 20 heavy (non-hydrogen) atoms. The standard InChI is InChI=1S/C15H20N4O/c1-4-19-10-13(9-16-19)11(2)17-14-5-7-15(8-6-14)18-12(3)20/h5-11,17H,4H2,1-3H3,(H,18,20). The molecule has 5 nitrogen and oxygen atoms in total. The molecular formula is C15H20N4O. The van der Waals surface area contributed by atoms with Gasteiger partial charge in [0.2, 0.25) is 5.91 Å². The fourth-order valence-electron chi connectivity index (χ4n) is 1.96. The third-order valence-corrected chi connectivity index (χ3v) is 3.07. The minimum absolute atomic E-state index is 0.0638. The van der Waals surface area contributed by atoms with Crippen LogP contribution in [0.15, 0.2) is 36.7 Å². The summed E-state index contributed by atoms with van der Waals surface area (Å²) in [7, 11) is 0. The Morgan fingerprint density at radius 3 is 2.50 bits per heavy atom. The van der Waals surface area contributed by atoms with Crippen LogP contribution in [-0.4, -0.2) is 15.7 Å². The summed E-state index contributed by atoms with van der Waals surface area (Å²) in [6.07, 6.45) is 3.93. The van der Waals surface area contributed by atoms with E-state index in [2.05, 4.69) is 29.6 Å². The number of amides is 1. The van der Waals surface area contributed by atoms with E-state index in [1.165, 1.54) is 6.92 Å². The fourth-order valence-corrected chi connectivity index (χ4v) is 1.96. The van der Waals surface area contributed by atoms with Crippen LogP contribution < -0.4 is 10.6 Å². The number of aromatic nitrogens is 2. The van der Waals surface area contributed by atoms with Crippen LogP contribution in [0.2, 0.25) is 0 Å². The fraction of sp³-hybridized carbons (Fsp3) is 0.333. The van der Waals surface area contributed by atoms with Gasteiger partial charge < -0.3 is 10.6 Å². The average molecular weight is 272 g/mol. The number of nitrogens with one attached hydrogen (secondary N) is 2. The molecule has 0 aliphatic heterocycles. The second-order valence-corrected chi connectivity index (χ2v) is 4.75. The Morgan fingerprint density at radius 1 is 1.30 bits per heavy atom. The average Bonchev–Trinajstić information content (AvgIpc) is 2.89. The summed E-state index contributed by atoms with van der Waals surface area (Å²) >= 11 is 0. The van der Waals surface area contributed by atoms with E-state index in [1.807, 2.05) is 41.3 Å². The lowest BCUT2D eigenvalue weighted by Crippen LogP contribution is -2.07. The molecular weight excluding hydrogens is 252 g/mol. The highest BCUT2D eigenvalue weighted by Gasteiger charge is 2.07. The van der Waals surface area contributed by atoms with Crippen LogP contribution >= 0.6 is 0 Å². The lowest BCUT2D eigenvalue weighted by Gasteiger charge is -2.14. The Kier molecular flexibility index (Phi) is 4.40. The van der Waals surface area contributed by atoms with Crippen LogP contribution in [0.25, 0.3) is 0 Å². The summed E-state index contributed by atoms with van der Waals surface area (Å²) in [6.45, 7) is 6.53. The minimum atomic E-state index is -0.0638. The lowest BCUT2D eigenvalue weighted by molar-refractivity contribution is -0.114. The van der Waals surface area contributed by atoms with E-state index in [4.69, 9.17) is 0 Å². The maximum absolute atomic E-state index is 11.0. The first-order chi connectivity index (χ1) is 9.58. The van der Waals surface area contributed by atoms with Crippen LogP contribution in [-0.2, 0) is 11.3 Å². The zero-order valence-corrected chi connectivity index (χ0v) is 12.1. The molecule has 2 rings (SSSR count). The van der Waals surface area contributed by atoms with Crippen molar-refractivity contribution in [2.75, 3.05) is 10.6 Å². The molecule has 1 unspecified atom stereocenters. The van der Waals surface area contributed by atoms with Gasteiger partial charge in [-0.15, -0.1) is 0 Å². The predicted molar refractivity (Wildman–Crippen MR) is 80.7 cm³/mol. The van der Waals surface area contributed by atoms with Crippen molar-refractivity contribution in [2.24, 2.45) is 0 Å². The summed E-state index contributed by atoms with van der Waals surface area (Å²) in [4.78, 5) is 11.0. The van der Waals surface area contributed by atoms with Crippen molar-refractivity contribution in [3.63, 3.8) is 0 Å². The Hall–Kier alpha value is -2.30. The first-order valence-corrected chi connectivity index (χ1v) is 6.75. The van der Waals surface area contributed by atoms with Crippen LogP contribution in [0.5, 0.6) is 0 Å². The Morgan fingerprint density at radius 2 is 1.95 bits per heavy atom. The Balaban J connectivity index is 2.00. The SMILES string of the molecule is CCn1cc(C(C)Nc2ccc(NC(C)=O)cc2)cn1. The molecule has 0 fully saturated rings. The summed E-state index contributed by atoms with van der Waals surface area (Å²) in [6, 6.07) is 7.84. The third-order valence-electron chi connectivity index (χ3n) is 3.07. The quantitative estimate of drug-likeness (QED) is 0.879. The lowest BCUT2D eigenvalue weighted by atomic mass is 10.2. The number of benzene rings is 1. The Labute approximate surface area is 119 Å². The molecule has 106 valence electrons. The van der Waals surface area contributed by atoms with Gasteiger partial charge in [0.15, 0.2) is 0 Å². The molecule has 5 heteroatoms. The van der Waals surface area contributed by atoms with Crippen LogP contribution in [0.1, 0.15) is 32.4 Å². The van der Waals surface area contributed by atoms with E-state index >= 15 is 0 Å². The van der Waals surface area contributed by atoms with E-state index in [0.29, 0.717) is 0 Å². The topological polar surface area (TPSA) is 59.0 Å². The van der Waals surface area contributed by atoms with Crippen LogP contribution in [0.4, 0.5) is 11.4 Å². The van der Waals surface area contributed by atoms with E-state index in [-0.39, 0.29) is 11.9 Å².